The summed E-state index contributed by atoms with van der Waals surface area (Å²) >= 11 is 5.13. The third-order valence-corrected chi connectivity index (χ3v) is 6.80. The molecule has 1 heterocycles. The van der Waals surface area contributed by atoms with E-state index in [0.717, 1.165) is 22.3 Å². The van der Waals surface area contributed by atoms with Crippen molar-refractivity contribution in [1.82, 2.24) is 4.90 Å². The first-order valence-electron chi connectivity index (χ1n) is 8.40. The Bertz CT molecular complexity index is 600. The number of halogens is 1. The minimum absolute atomic E-state index is 0.0257. The number of carbonyl (C=O) groups is 1. The zero-order valence-corrected chi connectivity index (χ0v) is 16.8. The van der Waals surface area contributed by atoms with Crippen LogP contribution in [-0.4, -0.2) is 28.6 Å². The molecule has 0 aromatic heterocycles. The Balaban J connectivity index is 1.69. The number of amides is 1. The molecule has 4 heteroatoms. The Hall–Kier alpha value is -0.480. The van der Waals surface area contributed by atoms with E-state index in [1.54, 1.807) is 11.8 Å². The maximum absolute atomic E-state index is 13.0. The predicted molar refractivity (Wildman–Crippen MR) is 101 cm³/mol. The topological polar surface area (TPSA) is 20.3 Å². The molecule has 1 aliphatic carbocycles. The minimum atomic E-state index is -0.0257. The molecule has 1 aromatic rings. The SMILES string of the molecule is CC(Sc1ccc(Br)cc1)C(=O)N1CC2(C)CC1CC(C)(C)C2. The molecular formula is C19H26BrNOS. The third kappa shape index (κ3) is 3.79. The molecule has 0 N–H and O–H groups in total. The minimum Gasteiger partial charge on any atom is -0.338 e. The van der Waals surface area contributed by atoms with E-state index in [2.05, 4.69) is 53.7 Å². The summed E-state index contributed by atoms with van der Waals surface area (Å²) in [5.74, 6) is 0.310. The summed E-state index contributed by atoms with van der Waals surface area (Å²) in [6, 6.07) is 8.65. The van der Waals surface area contributed by atoms with Gasteiger partial charge in [-0.3, -0.25) is 4.79 Å². The van der Waals surface area contributed by atoms with Gasteiger partial charge in [0.15, 0.2) is 0 Å². The number of hydrogen-bond acceptors (Lipinski definition) is 2. The van der Waals surface area contributed by atoms with Crippen LogP contribution < -0.4 is 0 Å². The number of hydrogen-bond donors (Lipinski definition) is 0. The monoisotopic (exact) mass is 395 g/mol. The summed E-state index contributed by atoms with van der Waals surface area (Å²) in [6.07, 6.45) is 3.55. The second-order valence-corrected chi connectivity index (χ2v) is 10.7. The van der Waals surface area contributed by atoms with E-state index in [1.165, 1.54) is 12.8 Å². The van der Waals surface area contributed by atoms with E-state index in [4.69, 9.17) is 0 Å². The van der Waals surface area contributed by atoms with Gasteiger partial charge in [-0.05, 0) is 61.3 Å². The molecule has 1 amide bonds. The smallest absolute Gasteiger partial charge is 0.236 e. The van der Waals surface area contributed by atoms with Gasteiger partial charge in [0.25, 0.3) is 0 Å². The lowest BCUT2D eigenvalue weighted by Gasteiger charge is -2.39. The number of nitrogens with zero attached hydrogens (tertiary/aromatic N) is 1. The second kappa shape index (κ2) is 6.11. The van der Waals surface area contributed by atoms with E-state index >= 15 is 0 Å². The zero-order valence-electron chi connectivity index (χ0n) is 14.4. The van der Waals surface area contributed by atoms with Crippen LogP contribution in [0.1, 0.15) is 47.0 Å². The molecule has 0 radical (unpaired) electrons. The average molecular weight is 396 g/mol. The summed E-state index contributed by atoms with van der Waals surface area (Å²) in [7, 11) is 0. The lowest BCUT2D eigenvalue weighted by atomic mass is 9.65. The van der Waals surface area contributed by atoms with Crippen molar-refractivity contribution in [2.75, 3.05) is 6.54 Å². The molecule has 23 heavy (non-hydrogen) atoms. The van der Waals surface area contributed by atoms with Crippen molar-refractivity contribution < 1.29 is 4.79 Å². The maximum Gasteiger partial charge on any atom is 0.236 e. The van der Waals surface area contributed by atoms with E-state index in [1.807, 2.05) is 19.1 Å². The van der Waals surface area contributed by atoms with Crippen LogP contribution in [0.2, 0.25) is 0 Å². The molecule has 126 valence electrons. The van der Waals surface area contributed by atoms with E-state index in [0.29, 0.717) is 22.8 Å². The van der Waals surface area contributed by atoms with E-state index in [9.17, 15) is 4.79 Å². The molecule has 3 atom stereocenters. The fourth-order valence-electron chi connectivity index (χ4n) is 4.72. The first kappa shape index (κ1) is 17.3. The Morgan fingerprint density at radius 2 is 1.91 bits per heavy atom. The van der Waals surface area contributed by atoms with Gasteiger partial charge in [0.1, 0.15) is 0 Å². The van der Waals surface area contributed by atoms with Crippen molar-refractivity contribution >= 4 is 33.6 Å². The van der Waals surface area contributed by atoms with Gasteiger partial charge >= 0.3 is 0 Å². The summed E-state index contributed by atoms with van der Waals surface area (Å²) in [6.45, 7) is 10.0. The van der Waals surface area contributed by atoms with Crippen LogP contribution in [0.3, 0.4) is 0 Å². The Labute approximate surface area is 152 Å². The van der Waals surface area contributed by atoms with Crippen molar-refractivity contribution in [1.29, 1.82) is 0 Å². The predicted octanol–water partition coefficient (Wildman–Crippen LogP) is 5.36. The van der Waals surface area contributed by atoms with Gasteiger partial charge in [-0.1, -0.05) is 36.7 Å². The normalized spacial score (nSPS) is 30.3. The number of carbonyl (C=O) groups excluding carboxylic acids is 1. The van der Waals surface area contributed by atoms with Gasteiger partial charge in [0, 0.05) is 22.0 Å². The molecule has 1 aliphatic heterocycles. The highest BCUT2D eigenvalue weighted by Crippen LogP contribution is 2.52. The van der Waals surface area contributed by atoms with Crippen LogP contribution in [0.4, 0.5) is 0 Å². The van der Waals surface area contributed by atoms with E-state index < -0.39 is 0 Å². The highest BCUT2D eigenvalue weighted by Gasteiger charge is 2.51. The van der Waals surface area contributed by atoms with Gasteiger partial charge in [0.05, 0.1) is 5.25 Å². The molecule has 2 aliphatic rings. The molecule has 2 bridgehead atoms. The lowest BCUT2D eigenvalue weighted by molar-refractivity contribution is -0.131. The number of likely N-dealkylation sites (tertiary alicyclic amines) is 1. The van der Waals surface area contributed by atoms with E-state index in [-0.39, 0.29) is 5.25 Å². The van der Waals surface area contributed by atoms with Crippen LogP contribution in [-0.2, 0) is 4.79 Å². The first-order valence-corrected chi connectivity index (χ1v) is 10.1. The van der Waals surface area contributed by atoms with Crippen LogP contribution >= 0.6 is 27.7 Å². The highest BCUT2D eigenvalue weighted by atomic mass is 79.9. The number of rotatable bonds is 3. The Morgan fingerprint density at radius 1 is 1.26 bits per heavy atom. The number of benzene rings is 1. The van der Waals surface area contributed by atoms with Crippen LogP contribution in [0.25, 0.3) is 0 Å². The maximum atomic E-state index is 13.0. The van der Waals surface area contributed by atoms with Gasteiger partial charge in [-0.25, -0.2) is 0 Å². The summed E-state index contributed by atoms with van der Waals surface area (Å²) in [4.78, 5) is 16.3. The highest BCUT2D eigenvalue weighted by molar-refractivity contribution is 9.10. The number of thioether (sulfide) groups is 1. The quantitative estimate of drug-likeness (QED) is 0.642. The second-order valence-electron chi connectivity index (χ2n) is 8.39. The Kier molecular flexibility index (Phi) is 4.61. The molecule has 3 unspecified atom stereocenters. The van der Waals surface area contributed by atoms with Crippen LogP contribution in [0.5, 0.6) is 0 Å². The standard InChI is InChI=1S/C19H26BrNOS/c1-13(23-16-7-5-14(20)6-8-16)17(22)21-12-19(4)10-15(21)9-18(2,3)11-19/h5-8,13,15H,9-12H2,1-4H3. The third-order valence-electron chi connectivity index (χ3n) is 5.17. The van der Waals surface area contributed by atoms with Crippen molar-refractivity contribution in [2.24, 2.45) is 10.8 Å². The fourth-order valence-corrected chi connectivity index (χ4v) is 5.92. The van der Waals surface area contributed by atoms with Crippen molar-refractivity contribution in [3.05, 3.63) is 28.7 Å². The fraction of sp³-hybridized carbons (Fsp3) is 0.632. The molecular weight excluding hydrogens is 370 g/mol. The molecule has 1 aromatic carbocycles. The summed E-state index contributed by atoms with van der Waals surface area (Å²) in [5, 5.41) is -0.0257. The lowest BCUT2D eigenvalue weighted by Crippen LogP contribution is -2.41. The van der Waals surface area contributed by atoms with Crippen LogP contribution in [0.15, 0.2) is 33.6 Å². The average Bonchev–Trinajstić information content (AvgIpc) is 2.69. The van der Waals surface area contributed by atoms with Crippen molar-refractivity contribution in [3.8, 4) is 0 Å². The molecule has 2 nitrogen and oxygen atoms in total. The van der Waals surface area contributed by atoms with Gasteiger partial charge in [-0.15, -0.1) is 11.8 Å². The largest absolute Gasteiger partial charge is 0.338 e. The summed E-state index contributed by atoms with van der Waals surface area (Å²) in [5.41, 5.74) is 0.666. The first-order chi connectivity index (χ1) is 10.7. The van der Waals surface area contributed by atoms with Crippen molar-refractivity contribution in [2.45, 2.75) is 63.1 Å². The van der Waals surface area contributed by atoms with Gasteiger partial charge < -0.3 is 4.90 Å². The van der Waals surface area contributed by atoms with Gasteiger partial charge in [-0.2, -0.15) is 0 Å². The number of fused-ring (bicyclic) bond motifs is 2. The summed E-state index contributed by atoms with van der Waals surface area (Å²) < 4.78 is 1.07. The zero-order chi connectivity index (χ0) is 16.8. The molecule has 0 spiro atoms. The molecule has 1 saturated heterocycles. The molecule has 1 saturated carbocycles. The Morgan fingerprint density at radius 3 is 2.57 bits per heavy atom. The van der Waals surface area contributed by atoms with Crippen LogP contribution in [0, 0.1) is 10.8 Å². The molecule has 2 fully saturated rings. The van der Waals surface area contributed by atoms with Crippen molar-refractivity contribution in [3.63, 3.8) is 0 Å². The molecule has 3 rings (SSSR count). The van der Waals surface area contributed by atoms with Gasteiger partial charge in [0.2, 0.25) is 5.91 Å².